The van der Waals surface area contributed by atoms with Crippen molar-refractivity contribution in [3.63, 3.8) is 0 Å². The van der Waals surface area contributed by atoms with Gasteiger partial charge in [0.2, 0.25) is 11.8 Å². The highest BCUT2D eigenvalue weighted by Gasteiger charge is 2.63. The van der Waals surface area contributed by atoms with Crippen LogP contribution in [0.25, 0.3) is 0 Å². The van der Waals surface area contributed by atoms with Gasteiger partial charge in [0.1, 0.15) is 0 Å². The molecule has 0 radical (unpaired) electrons. The molecule has 2 amide bonds. The van der Waals surface area contributed by atoms with Crippen LogP contribution < -0.4 is 0 Å². The van der Waals surface area contributed by atoms with Gasteiger partial charge in [0, 0.05) is 19.6 Å². The number of carbonyl (C=O) groups is 3. The van der Waals surface area contributed by atoms with Gasteiger partial charge in [0.25, 0.3) is 0 Å². The maximum Gasteiger partial charge on any atom is 0.234 e. The van der Waals surface area contributed by atoms with Crippen LogP contribution in [-0.4, -0.2) is 46.5 Å². The van der Waals surface area contributed by atoms with Crippen LogP contribution in [0.5, 0.6) is 0 Å². The fourth-order valence-electron chi connectivity index (χ4n) is 4.24. The van der Waals surface area contributed by atoms with Crippen LogP contribution in [0.1, 0.15) is 11.1 Å². The molecule has 1 aromatic carbocycles. The summed E-state index contributed by atoms with van der Waals surface area (Å²) < 4.78 is 0. The van der Waals surface area contributed by atoms with Crippen molar-refractivity contribution in [2.75, 3.05) is 7.05 Å². The zero-order valence-corrected chi connectivity index (χ0v) is 13.1. The number of benzene rings is 1. The summed E-state index contributed by atoms with van der Waals surface area (Å²) in [5, 5.41) is 0. The number of likely N-dealkylation sites (tertiary alicyclic amines) is 1. The first kappa shape index (κ1) is 14.3. The number of imide groups is 1. The normalized spacial score (nSPS) is 32.8. The van der Waals surface area contributed by atoms with Gasteiger partial charge in [0.05, 0.1) is 17.9 Å². The molecule has 3 aliphatic heterocycles. The number of fused-ring (bicyclic) bond motifs is 5. The average Bonchev–Trinajstić information content (AvgIpc) is 2.87. The van der Waals surface area contributed by atoms with Crippen LogP contribution in [-0.2, 0) is 20.9 Å². The largest absolute Gasteiger partial charge is 0.293 e. The lowest BCUT2D eigenvalue weighted by Crippen LogP contribution is -2.48. The van der Waals surface area contributed by atoms with Crippen LogP contribution in [0, 0.1) is 18.8 Å². The van der Waals surface area contributed by atoms with E-state index in [1.54, 1.807) is 12.2 Å². The van der Waals surface area contributed by atoms with Crippen molar-refractivity contribution in [3.05, 3.63) is 47.5 Å². The fraction of sp³-hybridized carbons (Fsp3) is 0.389. The predicted molar refractivity (Wildman–Crippen MR) is 83.2 cm³/mol. The van der Waals surface area contributed by atoms with Gasteiger partial charge in [0.15, 0.2) is 5.78 Å². The zero-order chi connectivity index (χ0) is 16.3. The standard InChI is InChI=1S/C18H18N2O3/c1-10-4-3-5-11(8-10)9-20-12-6-7-13(21)16(20)15-14(12)17(22)19(2)18(15)23/h3-8,12,14-16H,9H2,1-2H3/t12-,14+,15+,16+/m0/s1. The SMILES string of the molecule is Cc1cccc(CN2[C@@H]3C(=O)C=C[C@H]2[C@H]2C(=O)N(C)C(=O)[C@H]23)c1. The van der Waals surface area contributed by atoms with Crippen molar-refractivity contribution < 1.29 is 14.4 Å². The highest BCUT2D eigenvalue weighted by molar-refractivity contribution is 6.11. The smallest absolute Gasteiger partial charge is 0.234 e. The van der Waals surface area contributed by atoms with Crippen molar-refractivity contribution in [3.8, 4) is 0 Å². The molecule has 2 saturated heterocycles. The summed E-state index contributed by atoms with van der Waals surface area (Å²) >= 11 is 0. The summed E-state index contributed by atoms with van der Waals surface area (Å²) in [6.07, 6.45) is 3.34. The molecule has 5 heteroatoms. The van der Waals surface area contributed by atoms with Crippen LogP contribution in [0.4, 0.5) is 0 Å². The molecule has 2 bridgehead atoms. The molecule has 0 N–H and O–H groups in total. The van der Waals surface area contributed by atoms with Crippen LogP contribution in [0.2, 0.25) is 0 Å². The Kier molecular flexibility index (Phi) is 3.03. The number of nitrogens with zero attached hydrogens (tertiary/aromatic N) is 2. The van der Waals surface area contributed by atoms with E-state index in [-0.39, 0.29) is 23.6 Å². The van der Waals surface area contributed by atoms with Gasteiger partial charge in [-0.25, -0.2) is 0 Å². The number of ketones is 1. The molecule has 4 rings (SSSR count). The van der Waals surface area contributed by atoms with Crippen molar-refractivity contribution in [1.82, 2.24) is 9.80 Å². The average molecular weight is 310 g/mol. The van der Waals surface area contributed by atoms with Gasteiger partial charge in [-0.1, -0.05) is 35.9 Å². The quantitative estimate of drug-likeness (QED) is 0.762. The fourth-order valence-corrected chi connectivity index (χ4v) is 4.24. The van der Waals surface area contributed by atoms with Crippen LogP contribution in [0.3, 0.4) is 0 Å². The molecule has 118 valence electrons. The number of aryl methyl sites for hydroxylation is 1. The van der Waals surface area contributed by atoms with Gasteiger partial charge in [-0.3, -0.25) is 24.2 Å². The van der Waals surface area contributed by atoms with Crippen molar-refractivity contribution in [2.45, 2.75) is 25.6 Å². The van der Waals surface area contributed by atoms with E-state index < -0.39 is 17.9 Å². The van der Waals surface area contributed by atoms with Gasteiger partial charge in [-0.05, 0) is 18.6 Å². The Bertz CT molecular complexity index is 754. The molecule has 4 atom stereocenters. The van der Waals surface area contributed by atoms with E-state index in [0.29, 0.717) is 6.54 Å². The Morgan fingerprint density at radius 2 is 1.83 bits per heavy atom. The number of hydrogen-bond donors (Lipinski definition) is 0. The molecule has 1 aromatic rings. The highest BCUT2D eigenvalue weighted by Crippen LogP contribution is 2.45. The van der Waals surface area contributed by atoms with E-state index in [4.69, 9.17) is 0 Å². The first-order valence-electron chi connectivity index (χ1n) is 7.84. The summed E-state index contributed by atoms with van der Waals surface area (Å²) in [6, 6.07) is 7.41. The summed E-state index contributed by atoms with van der Waals surface area (Å²) in [7, 11) is 1.51. The van der Waals surface area contributed by atoms with E-state index in [1.165, 1.54) is 11.9 Å². The lowest BCUT2D eigenvalue weighted by atomic mass is 9.90. The number of amides is 2. The molecular formula is C18H18N2O3. The summed E-state index contributed by atoms with van der Waals surface area (Å²) in [6.45, 7) is 2.60. The molecule has 0 saturated carbocycles. The molecule has 0 aliphatic carbocycles. The van der Waals surface area contributed by atoms with E-state index in [1.807, 2.05) is 30.0 Å². The Morgan fingerprint density at radius 1 is 1.09 bits per heavy atom. The summed E-state index contributed by atoms with van der Waals surface area (Å²) in [4.78, 5) is 40.5. The van der Waals surface area contributed by atoms with Crippen LogP contribution >= 0.6 is 0 Å². The summed E-state index contributed by atoms with van der Waals surface area (Å²) in [5.41, 5.74) is 2.25. The van der Waals surface area contributed by atoms with Crippen molar-refractivity contribution >= 4 is 17.6 Å². The third-order valence-electron chi connectivity index (χ3n) is 5.26. The summed E-state index contributed by atoms with van der Waals surface area (Å²) in [5.74, 6) is -1.42. The van der Waals surface area contributed by atoms with Gasteiger partial charge >= 0.3 is 0 Å². The lowest BCUT2D eigenvalue weighted by Gasteiger charge is -2.33. The minimum absolute atomic E-state index is 0.0714. The molecule has 0 aromatic heterocycles. The second-order valence-electron chi connectivity index (χ2n) is 6.65. The zero-order valence-electron chi connectivity index (χ0n) is 13.1. The maximum atomic E-state index is 12.4. The first-order valence-corrected chi connectivity index (χ1v) is 7.84. The molecule has 3 aliphatic rings. The first-order chi connectivity index (χ1) is 11.0. The van der Waals surface area contributed by atoms with E-state index in [9.17, 15) is 14.4 Å². The third kappa shape index (κ3) is 1.93. The van der Waals surface area contributed by atoms with Crippen molar-refractivity contribution in [1.29, 1.82) is 0 Å². The Labute approximate surface area is 134 Å². The molecule has 5 nitrogen and oxygen atoms in total. The van der Waals surface area contributed by atoms with E-state index in [2.05, 4.69) is 6.07 Å². The van der Waals surface area contributed by atoms with Gasteiger partial charge in [-0.15, -0.1) is 0 Å². The Balaban J connectivity index is 1.72. The molecular weight excluding hydrogens is 292 g/mol. The highest BCUT2D eigenvalue weighted by atomic mass is 16.2. The van der Waals surface area contributed by atoms with Gasteiger partial charge < -0.3 is 0 Å². The van der Waals surface area contributed by atoms with E-state index >= 15 is 0 Å². The molecule has 0 unspecified atom stereocenters. The van der Waals surface area contributed by atoms with E-state index in [0.717, 1.165) is 11.1 Å². The number of hydrogen-bond acceptors (Lipinski definition) is 4. The second-order valence-corrected chi connectivity index (χ2v) is 6.65. The molecule has 2 fully saturated rings. The Morgan fingerprint density at radius 3 is 2.57 bits per heavy atom. The van der Waals surface area contributed by atoms with Crippen molar-refractivity contribution in [2.24, 2.45) is 11.8 Å². The van der Waals surface area contributed by atoms with Crippen LogP contribution in [0.15, 0.2) is 36.4 Å². The Hall–Kier alpha value is -2.27. The third-order valence-corrected chi connectivity index (χ3v) is 5.26. The predicted octanol–water partition coefficient (Wildman–Crippen LogP) is 0.918. The molecule has 0 spiro atoms. The lowest BCUT2D eigenvalue weighted by molar-refractivity contribution is -0.141. The monoisotopic (exact) mass is 310 g/mol. The number of carbonyl (C=O) groups excluding carboxylic acids is 3. The minimum Gasteiger partial charge on any atom is -0.293 e. The molecule has 23 heavy (non-hydrogen) atoms. The minimum atomic E-state index is -0.537. The number of rotatable bonds is 2. The second kappa shape index (κ2) is 4.86. The maximum absolute atomic E-state index is 12.4. The topological polar surface area (TPSA) is 57.7 Å². The molecule has 3 heterocycles. The van der Waals surface area contributed by atoms with Gasteiger partial charge in [-0.2, -0.15) is 0 Å².